The second kappa shape index (κ2) is 7.31. The molecular formula is C12H12Br2F3NO2. The van der Waals surface area contributed by atoms with Crippen molar-refractivity contribution in [2.24, 2.45) is 0 Å². The van der Waals surface area contributed by atoms with Gasteiger partial charge in [0.2, 0.25) is 0 Å². The molecule has 0 amide bonds. The maximum Gasteiger partial charge on any atom is 0.418 e. The summed E-state index contributed by atoms with van der Waals surface area (Å²) in [4.78, 5) is 12.4. The minimum absolute atomic E-state index is 0.0126. The molecular weight excluding hydrogens is 407 g/mol. The number of hydrogen-bond acceptors (Lipinski definition) is 2. The van der Waals surface area contributed by atoms with E-state index in [0.29, 0.717) is 29.8 Å². The van der Waals surface area contributed by atoms with Gasteiger partial charge in [-0.25, -0.2) is 4.79 Å². The summed E-state index contributed by atoms with van der Waals surface area (Å²) in [5.41, 5.74) is -1.32. The lowest BCUT2D eigenvalue weighted by Crippen LogP contribution is -2.30. The van der Waals surface area contributed by atoms with E-state index in [9.17, 15) is 18.0 Å². The molecule has 0 unspecified atom stereocenters. The van der Waals surface area contributed by atoms with Gasteiger partial charge in [-0.05, 0) is 18.2 Å². The zero-order valence-electron chi connectivity index (χ0n) is 10.3. The summed E-state index contributed by atoms with van der Waals surface area (Å²) in [6.45, 7) is 0.780. The number of nitrogens with zero attached hydrogens (tertiary/aromatic N) is 1. The number of carbonyl (C=O) groups is 1. The second-order valence-corrected chi connectivity index (χ2v) is 5.49. The van der Waals surface area contributed by atoms with Crippen molar-refractivity contribution in [3.8, 4) is 0 Å². The third-order valence-corrected chi connectivity index (χ3v) is 3.31. The zero-order chi connectivity index (χ0) is 15.3. The lowest BCUT2D eigenvalue weighted by Gasteiger charge is -2.26. The normalized spacial score (nSPS) is 11.4. The summed E-state index contributed by atoms with van der Waals surface area (Å²) in [5, 5.41) is 9.84. The number of carboxylic acid groups (broad SMARTS) is 1. The highest BCUT2D eigenvalue weighted by Crippen LogP contribution is 2.37. The minimum Gasteiger partial charge on any atom is -0.478 e. The monoisotopic (exact) mass is 417 g/mol. The number of benzene rings is 1. The molecule has 0 aliphatic carbocycles. The van der Waals surface area contributed by atoms with Crippen molar-refractivity contribution in [3.05, 3.63) is 29.3 Å². The summed E-state index contributed by atoms with van der Waals surface area (Å²) in [5.74, 6) is -1.38. The van der Waals surface area contributed by atoms with Crippen LogP contribution < -0.4 is 4.90 Å². The summed E-state index contributed by atoms with van der Waals surface area (Å²) in [6.07, 6.45) is -4.60. The molecule has 8 heteroatoms. The van der Waals surface area contributed by atoms with Crippen LogP contribution in [0.5, 0.6) is 0 Å². The maximum atomic E-state index is 13.1. The molecule has 0 heterocycles. The van der Waals surface area contributed by atoms with Gasteiger partial charge in [0.1, 0.15) is 0 Å². The highest BCUT2D eigenvalue weighted by molar-refractivity contribution is 9.09. The number of carboxylic acids is 1. The van der Waals surface area contributed by atoms with E-state index < -0.39 is 17.7 Å². The van der Waals surface area contributed by atoms with Gasteiger partial charge in [0, 0.05) is 29.4 Å². The number of halogens is 5. The second-order valence-electron chi connectivity index (χ2n) is 3.90. The molecule has 0 spiro atoms. The molecule has 0 radical (unpaired) electrons. The van der Waals surface area contributed by atoms with Crippen LogP contribution in [0.1, 0.15) is 15.9 Å². The summed E-state index contributed by atoms with van der Waals surface area (Å²) in [6, 6.07) is 3.06. The van der Waals surface area contributed by atoms with Gasteiger partial charge in [0.15, 0.2) is 0 Å². The van der Waals surface area contributed by atoms with Crippen molar-refractivity contribution in [2.75, 3.05) is 28.6 Å². The van der Waals surface area contributed by atoms with Crippen LogP contribution in [0.15, 0.2) is 18.2 Å². The summed E-state index contributed by atoms with van der Waals surface area (Å²) < 4.78 is 39.3. The molecule has 0 aliphatic rings. The Morgan fingerprint density at radius 3 is 2.15 bits per heavy atom. The fourth-order valence-electron chi connectivity index (χ4n) is 1.73. The molecule has 0 fully saturated rings. The quantitative estimate of drug-likeness (QED) is 0.710. The Hall–Kier alpha value is -0.760. The first-order chi connectivity index (χ1) is 9.31. The topological polar surface area (TPSA) is 40.5 Å². The number of aromatic carboxylic acids is 1. The highest BCUT2D eigenvalue weighted by atomic mass is 79.9. The Bertz CT molecular complexity index is 474. The first-order valence-corrected chi connectivity index (χ1v) is 7.87. The van der Waals surface area contributed by atoms with Gasteiger partial charge in [-0.2, -0.15) is 13.2 Å². The Balaban J connectivity index is 3.33. The van der Waals surface area contributed by atoms with E-state index in [1.165, 1.54) is 12.1 Å². The Morgan fingerprint density at radius 1 is 1.20 bits per heavy atom. The van der Waals surface area contributed by atoms with Gasteiger partial charge in [0.25, 0.3) is 0 Å². The first kappa shape index (κ1) is 17.3. The predicted molar refractivity (Wildman–Crippen MR) is 78.2 cm³/mol. The van der Waals surface area contributed by atoms with E-state index >= 15 is 0 Å². The van der Waals surface area contributed by atoms with Crippen molar-refractivity contribution < 1.29 is 23.1 Å². The van der Waals surface area contributed by atoms with Gasteiger partial charge < -0.3 is 10.0 Å². The zero-order valence-corrected chi connectivity index (χ0v) is 13.4. The molecule has 20 heavy (non-hydrogen) atoms. The fourth-order valence-corrected chi connectivity index (χ4v) is 2.58. The fraction of sp³-hybridized carbons (Fsp3) is 0.417. The van der Waals surface area contributed by atoms with Crippen LogP contribution in [-0.4, -0.2) is 34.8 Å². The van der Waals surface area contributed by atoms with Gasteiger partial charge in [-0.3, -0.25) is 0 Å². The lowest BCUT2D eigenvalue weighted by atomic mass is 10.1. The van der Waals surface area contributed by atoms with Gasteiger partial charge >= 0.3 is 12.1 Å². The molecule has 0 saturated heterocycles. The SMILES string of the molecule is O=C(O)c1ccc(N(CCBr)CCBr)c(C(F)(F)F)c1. The summed E-state index contributed by atoms with van der Waals surface area (Å²) >= 11 is 6.40. The molecule has 1 rings (SSSR count). The van der Waals surface area contributed by atoms with E-state index in [1.807, 2.05) is 0 Å². The Kier molecular flexibility index (Phi) is 6.32. The predicted octanol–water partition coefficient (Wildman–Crippen LogP) is 4.00. The highest BCUT2D eigenvalue weighted by Gasteiger charge is 2.35. The number of anilines is 1. The lowest BCUT2D eigenvalue weighted by molar-refractivity contribution is -0.137. The van der Waals surface area contributed by atoms with Crippen molar-refractivity contribution in [3.63, 3.8) is 0 Å². The van der Waals surface area contributed by atoms with Gasteiger partial charge in [-0.1, -0.05) is 31.9 Å². The van der Waals surface area contributed by atoms with E-state index in [0.717, 1.165) is 0 Å². The molecule has 0 aliphatic heterocycles. The smallest absolute Gasteiger partial charge is 0.418 e. The molecule has 0 atom stereocenters. The third-order valence-electron chi connectivity index (χ3n) is 2.60. The number of hydrogen-bond donors (Lipinski definition) is 1. The van der Waals surface area contributed by atoms with Crippen LogP contribution in [0.4, 0.5) is 18.9 Å². The third kappa shape index (κ3) is 4.37. The van der Waals surface area contributed by atoms with Gasteiger partial charge in [-0.15, -0.1) is 0 Å². The van der Waals surface area contributed by atoms with E-state index in [1.54, 1.807) is 4.90 Å². The molecule has 112 valence electrons. The van der Waals surface area contributed by atoms with Crippen LogP contribution in [-0.2, 0) is 6.18 Å². The number of alkyl halides is 5. The van der Waals surface area contributed by atoms with Crippen molar-refractivity contribution in [2.45, 2.75) is 6.18 Å². The molecule has 0 bridgehead atoms. The van der Waals surface area contributed by atoms with Crippen LogP contribution in [0.2, 0.25) is 0 Å². The van der Waals surface area contributed by atoms with E-state index in [4.69, 9.17) is 5.11 Å². The average molecular weight is 419 g/mol. The van der Waals surface area contributed by atoms with Crippen LogP contribution in [0, 0.1) is 0 Å². The Morgan fingerprint density at radius 2 is 1.75 bits per heavy atom. The van der Waals surface area contributed by atoms with E-state index in [-0.39, 0.29) is 11.3 Å². The average Bonchev–Trinajstić information content (AvgIpc) is 2.36. The molecule has 3 nitrogen and oxygen atoms in total. The molecule has 0 aromatic heterocycles. The van der Waals surface area contributed by atoms with Crippen molar-refractivity contribution in [1.29, 1.82) is 0 Å². The van der Waals surface area contributed by atoms with Crippen molar-refractivity contribution in [1.82, 2.24) is 0 Å². The van der Waals surface area contributed by atoms with Crippen LogP contribution in [0.25, 0.3) is 0 Å². The molecule has 1 aromatic carbocycles. The minimum atomic E-state index is -4.60. The Labute approximate surface area is 131 Å². The molecule has 0 saturated carbocycles. The maximum absolute atomic E-state index is 13.1. The molecule has 1 N–H and O–H groups in total. The summed E-state index contributed by atoms with van der Waals surface area (Å²) in [7, 11) is 0. The molecule has 1 aromatic rings. The van der Waals surface area contributed by atoms with Crippen molar-refractivity contribution >= 4 is 43.5 Å². The van der Waals surface area contributed by atoms with Crippen LogP contribution in [0.3, 0.4) is 0 Å². The first-order valence-electron chi connectivity index (χ1n) is 5.62. The standard InChI is InChI=1S/C12H12Br2F3NO2/c13-3-5-18(6-4-14)10-2-1-8(11(19)20)7-9(10)12(15,16)17/h1-2,7H,3-6H2,(H,19,20). The largest absolute Gasteiger partial charge is 0.478 e. The number of rotatable bonds is 6. The van der Waals surface area contributed by atoms with E-state index in [2.05, 4.69) is 31.9 Å². The van der Waals surface area contributed by atoms with Gasteiger partial charge in [0.05, 0.1) is 11.1 Å². The van der Waals surface area contributed by atoms with Crippen LogP contribution >= 0.6 is 31.9 Å².